The van der Waals surface area contributed by atoms with E-state index in [9.17, 15) is 0 Å². The molecule has 0 aromatic rings. The highest BCUT2D eigenvalue weighted by Crippen LogP contribution is 1.85. The van der Waals surface area contributed by atoms with Crippen molar-refractivity contribution in [1.82, 2.24) is 0 Å². The Bertz CT molecular complexity index is 67.3. The van der Waals surface area contributed by atoms with E-state index in [2.05, 4.69) is 13.1 Å². The van der Waals surface area contributed by atoms with Crippen LogP contribution in [0.3, 0.4) is 0 Å². The molecule has 10 heavy (non-hydrogen) atoms. The first-order valence-corrected chi connectivity index (χ1v) is 7.47. The van der Waals surface area contributed by atoms with E-state index in [1.807, 2.05) is 0 Å². The van der Waals surface area contributed by atoms with Crippen molar-refractivity contribution < 1.29 is 13.6 Å². The molecular formula is C5H14O3Si2. The van der Waals surface area contributed by atoms with Crippen LogP contribution in [0.25, 0.3) is 0 Å². The van der Waals surface area contributed by atoms with E-state index in [-0.39, 0.29) is 0 Å². The molecule has 0 aliphatic rings. The van der Waals surface area contributed by atoms with Crippen molar-refractivity contribution >= 4 is 18.3 Å². The molecule has 0 spiro atoms. The molecule has 0 unspecified atom stereocenters. The molecule has 0 aromatic carbocycles. The minimum atomic E-state index is -1.50. The SMILES string of the molecule is C[Si](C)OCCO[Si](C)O. The highest BCUT2D eigenvalue weighted by molar-refractivity contribution is 6.48. The van der Waals surface area contributed by atoms with Crippen LogP contribution in [-0.4, -0.2) is 36.3 Å². The van der Waals surface area contributed by atoms with Crippen LogP contribution in [0.5, 0.6) is 0 Å². The van der Waals surface area contributed by atoms with E-state index in [0.29, 0.717) is 13.2 Å². The Morgan fingerprint density at radius 3 is 2.00 bits per heavy atom. The van der Waals surface area contributed by atoms with Gasteiger partial charge in [-0.15, -0.1) is 0 Å². The predicted octanol–water partition coefficient (Wildman–Crippen LogP) is 0.381. The molecule has 0 bridgehead atoms. The minimum absolute atomic E-state index is 0.525. The van der Waals surface area contributed by atoms with Gasteiger partial charge in [0.05, 0.1) is 13.2 Å². The monoisotopic (exact) mass is 178 g/mol. The summed E-state index contributed by atoms with van der Waals surface area (Å²) in [6, 6.07) is 0. The highest BCUT2D eigenvalue weighted by atomic mass is 28.3. The molecule has 0 atom stereocenters. The molecule has 5 heteroatoms. The standard InChI is InChI=1S/C5H14O3Si2/c1-9(2)7-4-5-8-10(3)6/h6H,4-5H2,1-3H3. The number of hydrogen-bond acceptors (Lipinski definition) is 3. The summed E-state index contributed by atoms with van der Waals surface area (Å²) in [5, 5.41) is 0. The molecule has 0 rings (SSSR count). The topological polar surface area (TPSA) is 38.7 Å². The molecule has 1 N–H and O–H groups in total. The average Bonchev–Trinajstić information content (AvgIpc) is 1.79. The maximum absolute atomic E-state index is 8.75. The zero-order chi connectivity index (χ0) is 7.98. The zero-order valence-corrected chi connectivity index (χ0v) is 8.68. The summed E-state index contributed by atoms with van der Waals surface area (Å²) in [4.78, 5) is 8.75. The maximum atomic E-state index is 8.75. The lowest BCUT2D eigenvalue weighted by Gasteiger charge is -2.06. The van der Waals surface area contributed by atoms with E-state index in [4.69, 9.17) is 13.6 Å². The van der Waals surface area contributed by atoms with Crippen molar-refractivity contribution in [3.63, 3.8) is 0 Å². The fourth-order valence-electron chi connectivity index (χ4n) is 0.435. The van der Waals surface area contributed by atoms with Crippen LogP contribution in [0.2, 0.25) is 19.6 Å². The lowest BCUT2D eigenvalue weighted by atomic mass is 10.8. The number of hydrogen-bond donors (Lipinski definition) is 1. The van der Waals surface area contributed by atoms with Gasteiger partial charge in [0.15, 0.2) is 0 Å². The van der Waals surface area contributed by atoms with Gasteiger partial charge in [-0.1, -0.05) is 0 Å². The van der Waals surface area contributed by atoms with Gasteiger partial charge in [0.25, 0.3) is 0 Å². The van der Waals surface area contributed by atoms with Crippen molar-refractivity contribution in [2.24, 2.45) is 0 Å². The van der Waals surface area contributed by atoms with E-state index >= 15 is 0 Å². The van der Waals surface area contributed by atoms with Gasteiger partial charge in [-0.05, 0) is 19.6 Å². The van der Waals surface area contributed by atoms with Crippen LogP contribution < -0.4 is 0 Å². The second-order valence-corrected chi connectivity index (χ2v) is 5.56. The summed E-state index contributed by atoms with van der Waals surface area (Å²) in [7, 11) is -2.08. The Balaban J connectivity index is 2.91. The maximum Gasteiger partial charge on any atom is 0.378 e. The minimum Gasteiger partial charge on any atom is -0.415 e. The van der Waals surface area contributed by atoms with Crippen LogP contribution in [0, 0.1) is 0 Å². The molecule has 0 aliphatic heterocycles. The first kappa shape index (κ1) is 10.3. The van der Waals surface area contributed by atoms with Gasteiger partial charge in [0, 0.05) is 0 Å². The van der Waals surface area contributed by atoms with Crippen molar-refractivity contribution in [1.29, 1.82) is 0 Å². The Hall–Kier alpha value is 0.314. The van der Waals surface area contributed by atoms with Crippen molar-refractivity contribution in [3.05, 3.63) is 0 Å². The summed E-state index contributed by atoms with van der Waals surface area (Å²) >= 11 is 0. The third kappa shape index (κ3) is 8.31. The third-order valence-electron chi connectivity index (χ3n) is 0.785. The van der Waals surface area contributed by atoms with E-state index in [1.165, 1.54) is 0 Å². The van der Waals surface area contributed by atoms with Crippen LogP contribution >= 0.6 is 0 Å². The Morgan fingerprint density at radius 1 is 1.10 bits per heavy atom. The lowest BCUT2D eigenvalue weighted by Crippen LogP contribution is -2.19. The predicted molar refractivity (Wildman–Crippen MR) is 43.2 cm³/mol. The molecule has 60 valence electrons. The molecule has 0 fully saturated rings. The van der Waals surface area contributed by atoms with Crippen LogP contribution in [0.1, 0.15) is 0 Å². The summed E-state index contributed by atoms with van der Waals surface area (Å²) in [5.74, 6) is 0. The molecule has 0 aromatic heterocycles. The Kier molecular flexibility index (Phi) is 6.24. The van der Waals surface area contributed by atoms with Crippen molar-refractivity contribution in [2.45, 2.75) is 19.6 Å². The Labute approximate surface area is 65.5 Å². The highest BCUT2D eigenvalue weighted by Gasteiger charge is 2.00. The van der Waals surface area contributed by atoms with Gasteiger partial charge in [-0.25, -0.2) is 0 Å². The van der Waals surface area contributed by atoms with Gasteiger partial charge in [0.1, 0.15) is 0 Å². The Morgan fingerprint density at radius 2 is 1.60 bits per heavy atom. The fourth-order valence-corrected chi connectivity index (χ4v) is 1.31. The molecule has 3 nitrogen and oxygen atoms in total. The average molecular weight is 178 g/mol. The van der Waals surface area contributed by atoms with Gasteiger partial charge < -0.3 is 13.6 Å². The molecular weight excluding hydrogens is 164 g/mol. The van der Waals surface area contributed by atoms with Crippen molar-refractivity contribution in [2.75, 3.05) is 13.2 Å². The lowest BCUT2D eigenvalue weighted by molar-refractivity contribution is 0.195. The van der Waals surface area contributed by atoms with Crippen molar-refractivity contribution in [3.8, 4) is 0 Å². The second kappa shape index (κ2) is 6.05. The number of rotatable bonds is 5. The summed E-state index contributed by atoms with van der Waals surface area (Å²) < 4.78 is 10.2. The van der Waals surface area contributed by atoms with Crippen LogP contribution in [0.4, 0.5) is 0 Å². The van der Waals surface area contributed by atoms with Gasteiger partial charge in [0.2, 0.25) is 9.04 Å². The molecule has 0 saturated carbocycles. The zero-order valence-electron chi connectivity index (χ0n) is 6.68. The van der Waals surface area contributed by atoms with E-state index in [0.717, 1.165) is 0 Å². The van der Waals surface area contributed by atoms with E-state index < -0.39 is 18.3 Å². The quantitative estimate of drug-likeness (QED) is 0.489. The normalized spacial score (nSPS) is 11.4. The molecule has 0 aliphatic carbocycles. The smallest absolute Gasteiger partial charge is 0.378 e. The first-order chi connectivity index (χ1) is 4.63. The first-order valence-electron chi connectivity index (χ1n) is 3.21. The molecule has 0 saturated heterocycles. The molecule has 0 heterocycles. The van der Waals surface area contributed by atoms with Crippen LogP contribution in [-0.2, 0) is 8.85 Å². The second-order valence-electron chi connectivity index (χ2n) is 2.12. The molecule has 2 radical (unpaired) electrons. The van der Waals surface area contributed by atoms with Gasteiger partial charge in [-0.2, -0.15) is 0 Å². The summed E-state index contributed by atoms with van der Waals surface area (Å²) in [5.41, 5.74) is 0. The summed E-state index contributed by atoms with van der Waals surface area (Å²) in [6.07, 6.45) is 0. The van der Waals surface area contributed by atoms with E-state index in [1.54, 1.807) is 6.55 Å². The van der Waals surface area contributed by atoms with Crippen LogP contribution in [0.15, 0.2) is 0 Å². The van der Waals surface area contributed by atoms with Gasteiger partial charge >= 0.3 is 9.28 Å². The third-order valence-corrected chi connectivity index (χ3v) is 2.19. The fraction of sp³-hybridized carbons (Fsp3) is 1.00. The largest absolute Gasteiger partial charge is 0.415 e. The van der Waals surface area contributed by atoms with Gasteiger partial charge in [-0.3, -0.25) is 0 Å². The summed E-state index contributed by atoms with van der Waals surface area (Å²) in [6.45, 7) is 6.97. The molecule has 0 amide bonds.